The van der Waals surface area contributed by atoms with E-state index in [4.69, 9.17) is 16.6 Å². The summed E-state index contributed by atoms with van der Waals surface area (Å²) >= 11 is 7.11. The molecule has 0 amide bonds. The van der Waals surface area contributed by atoms with E-state index >= 15 is 0 Å². The molecule has 0 aliphatic carbocycles. The molecule has 1 aromatic heterocycles. The summed E-state index contributed by atoms with van der Waals surface area (Å²) in [5, 5.41) is 1.18. The molecule has 0 N–H and O–H groups in total. The number of rotatable bonds is 7. The zero-order valence-electron chi connectivity index (χ0n) is 11.9. The van der Waals surface area contributed by atoms with Gasteiger partial charge in [-0.15, -0.1) is 18.3 Å². The highest BCUT2D eigenvalue weighted by atomic mass is 32.2. The average molecular weight is 304 g/mol. The normalized spacial score (nSPS) is 10.8. The Bertz CT molecular complexity index is 643. The van der Waals surface area contributed by atoms with Gasteiger partial charge in [-0.05, 0) is 49.7 Å². The summed E-state index contributed by atoms with van der Waals surface area (Å²) in [6, 6.07) is 8.22. The van der Waals surface area contributed by atoms with Crippen LogP contribution in [0.3, 0.4) is 0 Å². The average Bonchev–Trinajstić information content (AvgIpc) is 2.43. The van der Waals surface area contributed by atoms with Crippen molar-refractivity contribution in [1.82, 2.24) is 0 Å². The first-order chi connectivity index (χ1) is 9.72. The second-order valence-electron chi connectivity index (χ2n) is 4.87. The fraction of sp³-hybridized carbons (Fsp3) is 0.353. The van der Waals surface area contributed by atoms with Gasteiger partial charge in [0.1, 0.15) is 5.58 Å². The number of benzene rings is 1. The molecule has 0 saturated carbocycles. The van der Waals surface area contributed by atoms with Gasteiger partial charge in [0.25, 0.3) is 0 Å². The summed E-state index contributed by atoms with van der Waals surface area (Å²) in [4.78, 5) is 1.24. The lowest BCUT2D eigenvalue weighted by molar-refractivity contribution is 0.580. The number of aryl methyl sites for hydroxylation is 1. The number of hydrogen-bond donors (Lipinski definition) is 0. The van der Waals surface area contributed by atoms with Crippen LogP contribution in [0.15, 0.2) is 46.2 Å². The van der Waals surface area contributed by atoms with E-state index in [0.717, 1.165) is 23.3 Å². The summed E-state index contributed by atoms with van der Waals surface area (Å²) in [5.74, 6) is 1.12. The van der Waals surface area contributed by atoms with Crippen LogP contribution in [0.2, 0.25) is 0 Å². The third-order valence-electron chi connectivity index (χ3n) is 3.24. The summed E-state index contributed by atoms with van der Waals surface area (Å²) in [5.41, 5.74) is 2.07. The maximum atomic E-state index is 5.68. The van der Waals surface area contributed by atoms with Crippen molar-refractivity contribution in [3.63, 3.8) is 0 Å². The highest BCUT2D eigenvalue weighted by Crippen LogP contribution is 2.30. The molecule has 2 rings (SSSR count). The minimum absolute atomic E-state index is 0.570. The molecule has 0 atom stereocenters. The van der Waals surface area contributed by atoms with Gasteiger partial charge in [0.2, 0.25) is 0 Å². The molecule has 0 aliphatic rings. The van der Waals surface area contributed by atoms with Crippen LogP contribution in [-0.2, 0) is 0 Å². The molecular weight excluding hydrogens is 284 g/mol. The monoisotopic (exact) mass is 304 g/mol. The molecule has 3 heteroatoms. The van der Waals surface area contributed by atoms with Gasteiger partial charge in [-0.2, -0.15) is 0 Å². The SMILES string of the molecule is C=CCCCCCSc1cc(=S)oc2c(C)cccc12. The van der Waals surface area contributed by atoms with Crippen LogP contribution in [-0.4, -0.2) is 5.75 Å². The molecule has 1 heterocycles. The molecule has 1 aromatic carbocycles. The highest BCUT2D eigenvalue weighted by molar-refractivity contribution is 7.99. The van der Waals surface area contributed by atoms with Crippen molar-refractivity contribution in [2.75, 3.05) is 5.75 Å². The first-order valence-electron chi connectivity index (χ1n) is 6.99. The van der Waals surface area contributed by atoms with Crippen LogP contribution >= 0.6 is 24.0 Å². The molecule has 2 aromatic rings. The highest BCUT2D eigenvalue weighted by Gasteiger charge is 2.06. The number of thioether (sulfide) groups is 1. The minimum atomic E-state index is 0.570. The Morgan fingerprint density at radius 1 is 1.30 bits per heavy atom. The number of hydrogen-bond acceptors (Lipinski definition) is 3. The lowest BCUT2D eigenvalue weighted by Gasteiger charge is -2.07. The topological polar surface area (TPSA) is 13.1 Å². The molecule has 0 spiro atoms. The van der Waals surface area contributed by atoms with Crippen molar-refractivity contribution < 1.29 is 4.42 Å². The van der Waals surface area contributed by atoms with Crippen molar-refractivity contribution in [3.05, 3.63) is 47.2 Å². The van der Waals surface area contributed by atoms with E-state index in [2.05, 4.69) is 31.7 Å². The predicted octanol–water partition coefficient (Wildman–Crippen LogP) is 6.31. The third kappa shape index (κ3) is 3.97. The molecule has 1 nitrogen and oxygen atoms in total. The van der Waals surface area contributed by atoms with Crippen LogP contribution in [0.1, 0.15) is 31.2 Å². The zero-order chi connectivity index (χ0) is 14.4. The van der Waals surface area contributed by atoms with Gasteiger partial charge in [0.15, 0.2) is 4.71 Å². The van der Waals surface area contributed by atoms with Gasteiger partial charge >= 0.3 is 0 Å². The quantitative estimate of drug-likeness (QED) is 0.257. The van der Waals surface area contributed by atoms with E-state index in [-0.39, 0.29) is 0 Å². The third-order valence-corrected chi connectivity index (χ3v) is 4.58. The van der Waals surface area contributed by atoms with E-state index in [1.807, 2.05) is 23.9 Å². The van der Waals surface area contributed by atoms with Crippen molar-refractivity contribution in [3.8, 4) is 0 Å². The Labute approximate surface area is 130 Å². The smallest absolute Gasteiger partial charge is 0.191 e. The Hall–Kier alpha value is -1.06. The molecular formula is C17H20OS2. The lowest BCUT2D eigenvalue weighted by Crippen LogP contribution is -1.85. The fourth-order valence-corrected chi connectivity index (χ4v) is 3.52. The molecule has 0 aliphatic heterocycles. The summed E-state index contributed by atoms with van der Waals surface area (Å²) < 4.78 is 6.25. The van der Waals surface area contributed by atoms with E-state index in [1.165, 1.54) is 29.5 Å². The maximum absolute atomic E-state index is 5.68. The molecule has 0 bridgehead atoms. The van der Waals surface area contributed by atoms with Crippen LogP contribution in [0, 0.1) is 11.6 Å². The van der Waals surface area contributed by atoms with Crippen molar-refractivity contribution in [2.24, 2.45) is 0 Å². The zero-order valence-corrected chi connectivity index (χ0v) is 13.5. The standard InChI is InChI=1S/C17H20OS2/c1-3-4-5-6-7-11-20-15-12-16(19)18-17-13(2)9-8-10-14(15)17/h3,8-10,12H,1,4-7,11H2,2H3. The summed E-state index contributed by atoms with van der Waals surface area (Å²) in [6.07, 6.45) is 6.83. The number of para-hydroxylation sites is 1. The minimum Gasteiger partial charge on any atom is -0.445 e. The summed E-state index contributed by atoms with van der Waals surface area (Å²) in [6.45, 7) is 5.81. The van der Waals surface area contributed by atoms with E-state index in [1.54, 1.807) is 0 Å². The lowest BCUT2D eigenvalue weighted by atomic mass is 10.1. The van der Waals surface area contributed by atoms with Crippen molar-refractivity contribution in [1.29, 1.82) is 0 Å². The number of fused-ring (bicyclic) bond motifs is 1. The van der Waals surface area contributed by atoms with Crippen molar-refractivity contribution in [2.45, 2.75) is 37.5 Å². The largest absolute Gasteiger partial charge is 0.445 e. The van der Waals surface area contributed by atoms with E-state index < -0.39 is 0 Å². The van der Waals surface area contributed by atoms with E-state index in [9.17, 15) is 0 Å². The first kappa shape index (κ1) is 15.3. The molecule has 0 radical (unpaired) electrons. The fourth-order valence-electron chi connectivity index (χ4n) is 2.17. The van der Waals surface area contributed by atoms with Gasteiger partial charge < -0.3 is 4.42 Å². The predicted molar refractivity (Wildman–Crippen MR) is 91.2 cm³/mol. The van der Waals surface area contributed by atoms with Crippen LogP contribution in [0.25, 0.3) is 11.0 Å². The first-order valence-corrected chi connectivity index (χ1v) is 8.39. The second-order valence-corrected chi connectivity index (χ2v) is 6.41. The number of unbranched alkanes of at least 4 members (excludes halogenated alkanes) is 3. The van der Waals surface area contributed by atoms with Gasteiger partial charge in [-0.3, -0.25) is 0 Å². The Kier molecular flexibility index (Phi) is 5.86. The van der Waals surface area contributed by atoms with Gasteiger partial charge in [0.05, 0.1) is 0 Å². The van der Waals surface area contributed by atoms with Crippen LogP contribution in [0.4, 0.5) is 0 Å². The Balaban J connectivity index is 2.08. The van der Waals surface area contributed by atoms with E-state index in [0.29, 0.717) is 4.71 Å². The molecule has 0 fully saturated rings. The van der Waals surface area contributed by atoms with Gasteiger partial charge in [-0.25, -0.2) is 0 Å². The Morgan fingerprint density at radius 3 is 2.95 bits per heavy atom. The van der Waals surface area contributed by atoms with Crippen molar-refractivity contribution >= 4 is 34.9 Å². The molecule has 106 valence electrons. The Morgan fingerprint density at radius 2 is 2.15 bits per heavy atom. The molecule has 0 saturated heterocycles. The molecule has 20 heavy (non-hydrogen) atoms. The second kappa shape index (κ2) is 7.65. The molecule has 0 unspecified atom stereocenters. The van der Waals surface area contributed by atoms with Crippen LogP contribution in [0.5, 0.6) is 0 Å². The number of allylic oxidation sites excluding steroid dienone is 1. The van der Waals surface area contributed by atoms with Crippen LogP contribution < -0.4 is 0 Å². The van der Waals surface area contributed by atoms with Gasteiger partial charge in [-0.1, -0.05) is 30.7 Å². The maximum Gasteiger partial charge on any atom is 0.191 e. The summed E-state index contributed by atoms with van der Waals surface area (Å²) in [7, 11) is 0. The van der Waals surface area contributed by atoms with Gasteiger partial charge in [0, 0.05) is 16.3 Å².